The van der Waals surface area contributed by atoms with Gasteiger partial charge in [0.1, 0.15) is 5.82 Å². The molecule has 2 aromatic heterocycles. The van der Waals surface area contributed by atoms with Crippen molar-refractivity contribution in [3.8, 4) is 11.3 Å². The fraction of sp³-hybridized carbons (Fsp3) is 0.250. The zero-order chi connectivity index (χ0) is 20.5. The minimum absolute atomic E-state index is 0.0363. The van der Waals surface area contributed by atoms with Gasteiger partial charge in [0.15, 0.2) is 5.82 Å². The van der Waals surface area contributed by atoms with Gasteiger partial charge in [-0.2, -0.15) is 0 Å². The van der Waals surface area contributed by atoms with E-state index < -0.39 is 0 Å². The van der Waals surface area contributed by atoms with Crippen molar-refractivity contribution < 1.29 is 9.50 Å². The van der Waals surface area contributed by atoms with Crippen molar-refractivity contribution in [2.75, 3.05) is 18.0 Å². The molecule has 0 saturated carbocycles. The van der Waals surface area contributed by atoms with Crippen molar-refractivity contribution in [2.45, 2.75) is 25.5 Å². The van der Waals surface area contributed by atoms with Crippen LogP contribution in [0.2, 0.25) is 0 Å². The van der Waals surface area contributed by atoms with Crippen LogP contribution in [0, 0.1) is 5.82 Å². The number of piperidine rings is 1. The molecule has 0 bridgehead atoms. The van der Waals surface area contributed by atoms with Crippen LogP contribution in [0.25, 0.3) is 22.2 Å². The fourth-order valence-electron chi connectivity index (χ4n) is 4.24. The zero-order valence-corrected chi connectivity index (χ0v) is 16.6. The van der Waals surface area contributed by atoms with Gasteiger partial charge in [-0.1, -0.05) is 24.3 Å². The first-order chi connectivity index (χ1) is 14.7. The standard InChI is InChI=1S/C24H23FN4O/c25-20-6-5-19-9-14-29(23(19)15-20)21-10-12-28(13-11-21)24-8-7-22(26-27-24)18-3-1-17(16-30)2-4-18/h1-9,14-15,21,30H,10-13,16H2. The topological polar surface area (TPSA) is 54.2 Å². The van der Waals surface area contributed by atoms with E-state index in [0.717, 1.165) is 59.5 Å². The summed E-state index contributed by atoms with van der Waals surface area (Å²) in [5.74, 6) is 0.689. The predicted molar refractivity (Wildman–Crippen MR) is 116 cm³/mol. The summed E-state index contributed by atoms with van der Waals surface area (Å²) >= 11 is 0. The molecule has 0 radical (unpaired) electrons. The van der Waals surface area contributed by atoms with E-state index in [9.17, 15) is 9.50 Å². The molecule has 5 nitrogen and oxygen atoms in total. The minimum Gasteiger partial charge on any atom is -0.392 e. The molecule has 0 aliphatic carbocycles. The summed E-state index contributed by atoms with van der Waals surface area (Å²) in [6.07, 6.45) is 4.03. The predicted octanol–water partition coefficient (Wildman–Crippen LogP) is 4.57. The van der Waals surface area contributed by atoms with Gasteiger partial charge in [0, 0.05) is 30.9 Å². The van der Waals surface area contributed by atoms with E-state index in [2.05, 4.69) is 31.9 Å². The molecule has 1 aliphatic rings. The molecule has 0 unspecified atom stereocenters. The molecule has 6 heteroatoms. The lowest BCUT2D eigenvalue weighted by molar-refractivity contribution is 0.282. The van der Waals surface area contributed by atoms with E-state index in [1.54, 1.807) is 6.07 Å². The highest BCUT2D eigenvalue weighted by Crippen LogP contribution is 2.30. The van der Waals surface area contributed by atoms with Crippen molar-refractivity contribution in [1.82, 2.24) is 14.8 Å². The summed E-state index contributed by atoms with van der Waals surface area (Å²) in [5.41, 5.74) is 3.64. The van der Waals surface area contributed by atoms with E-state index >= 15 is 0 Å². The summed E-state index contributed by atoms with van der Waals surface area (Å²) in [6.45, 7) is 1.81. The number of nitrogens with zero attached hydrogens (tertiary/aromatic N) is 4. The molecule has 3 heterocycles. The van der Waals surface area contributed by atoms with Gasteiger partial charge in [-0.05, 0) is 60.2 Å². The zero-order valence-electron chi connectivity index (χ0n) is 16.6. The van der Waals surface area contributed by atoms with Crippen molar-refractivity contribution >= 4 is 16.7 Å². The van der Waals surface area contributed by atoms with Gasteiger partial charge >= 0.3 is 0 Å². The van der Waals surface area contributed by atoms with E-state index in [1.807, 2.05) is 42.5 Å². The Balaban J connectivity index is 1.27. The van der Waals surface area contributed by atoms with Gasteiger partial charge < -0.3 is 14.6 Å². The van der Waals surface area contributed by atoms with Crippen LogP contribution in [-0.4, -0.2) is 33.0 Å². The second-order valence-electron chi connectivity index (χ2n) is 7.78. The second-order valence-corrected chi connectivity index (χ2v) is 7.78. The molecule has 152 valence electrons. The smallest absolute Gasteiger partial charge is 0.151 e. The number of rotatable bonds is 4. The molecule has 30 heavy (non-hydrogen) atoms. The summed E-state index contributed by atoms with van der Waals surface area (Å²) in [7, 11) is 0. The van der Waals surface area contributed by atoms with Crippen LogP contribution < -0.4 is 4.90 Å². The van der Waals surface area contributed by atoms with E-state index in [1.165, 1.54) is 6.07 Å². The molecule has 1 aliphatic heterocycles. The van der Waals surface area contributed by atoms with E-state index in [0.29, 0.717) is 6.04 Å². The maximum absolute atomic E-state index is 13.7. The van der Waals surface area contributed by atoms with Crippen LogP contribution in [0.4, 0.5) is 10.2 Å². The maximum atomic E-state index is 13.7. The minimum atomic E-state index is -0.193. The Morgan fingerprint density at radius 2 is 1.73 bits per heavy atom. The second kappa shape index (κ2) is 7.88. The molecule has 4 aromatic rings. The molecule has 5 rings (SSSR count). The van der Waals surface area contributed by atoms with Gasteiger partial charge in [-0.15, -0.1) is 10.2 Å². The molecule has 1 fully saturated rings. The molecule has 0 amide bonds. The Morgan fingerprint density at radius 1 is 0.933 bits per heavy atom. The monoisotopic (exact) mass is 402 g/mol. The van der Waals surface area contributed by atoms with Crippen LogP contribution >= 0.6 is 0 Å². The van der Waals surface area contributed by atoms with Crippen molar-refractivity contribution in [3.63, 3.8) is 0 Å². The fourth-order valence-corrected chi connectivity index (χ4v) is 4.24. The number of hydrogen-bond donors (Lipinski definition) is 1. The lowest BCUT2D eigenvalue weighted by Gasteiger charge is -2.33. The third-order valence-corrected chi connectivity index (χ3v) is 5.95. The number of aromatic nitrogens is 3. The van der Waals surface area contributed by atoms with Crippen LogP contribution in [0.3, 0.4) is 0 Å². The Kier molecular flexibility index (Phi) is 4.93. The molecule has 1 saturated heterocycles. The van der Waals surface area contributed by atoms with Gasteiger partial charge in [-0.25, -0.2) is 4.39 Å². The Labute approximate surface area is 174 Å². The normalized spacial score (nSPS) is 15.1. The number of aliphatic hydroxyl groups excluding tert-OH is 1. The quantitative estimate of drug-likeness (QED) is 0.543. The third-order valence-electron chi connectivity index (χ3n) is 5.95. The summed E-state index contributed by atoms with van der Waals surface area (Å²) < 4.78 is 15.9. The highest BCUT2D eigenvalue weighted by molar-refractivity contribution is 5.80. The Hall–Kier alpha value is -3.25. The van der Waals surface area contributed by atoms with E-state index in [-0.39, 0.29) is 12.4 Å². The average molecular weight is 402 g/mol. The first-order valence-electron chi connectivity index (χ1n) is 10.3. The van der Waals surface area contributed by atoms with Crippen LogP contribution in [0.1, 0.15) is 24.4 Å². The van der Waals surface area contributed by atoms with Crippen LogP contribution in [0.15, 0.2) is 66.9 Å². The molecular weight excluding hydrogens is 379 g/mol. The summed E-state index contributed by atoms with van der Waals surface area (Å²) in [6, 6.07) is 19.1. The highest BCUT2D eigenvalue weighted by Gasteiger charge is 2.22. The number of fused-ring (bicyclic) bond motifs is 1. The van der Waals surface area contributed by atoms with Gasteiger partial charge in [0.2, 0.25) is 0 Å². The van der Waals surface area contributed by atoms with Gasteiger partial charge in [0.05, 0.1) is 17.8 Å². The summed E-state index contributed by atoms with van der Waals surface area (Å²) in [5, 5.41) is 19.1. The number of anilines is 1. The summed E-state index contributed by atoms with van der Waals surface area (Å²) in [4.78, 5) is 2.26. The molecule has 1 N–H and O–H groups in total. The molecule has 0 atom stereocenters. The molecule has 2 aromatic carbocycles. The number of aliphatic hydroxyl groups is 1. The first kappa shape index (κ1) is 18.8. The largest absolute Gasteiger partial charge is 0.392 e. The first-order valence-corrected chi connectivity index (χ1v) is 10.3. The number of benzene rings is 2. The maximum Gasteiger partial charge on any atom is 0.151 e. The Morgan fingerprint density at radius 3 is 2.43 bits per heavy atom. The van der Waals surface area contributed by atoms with Crippen molar-refractivity contribution in [2.24, 2.45) is 0 Å². The molecule has 0 spiro atoms. The van der Waals surface area contributed by atoms with Crippen LogP contribution in [0.5, 0.6) is 0 Å². The lowest BCUT2D eigenvalue weighted by atomic mass is 10.0. The van der Waals surface area contributed by atoms with Crippen molar-refractivity contribution in [3.05, 3.63) is 78.2 Å². The average Bonchev–Trinajstić information content (AvgIpc) is 3.22. The third kappa shape index (κ3) is 3.55. The van der Waals surface area contributed by atoms with E-state index in [4.69, 9.17) is 0 Å². The molecular formula is C24H23FN4O. The number of halogens is 1. The van der Waals surface area contributed by atoms with Gasteiger partial charge in [0.25, 0.3) is 0 Å². The van der Waals surface area contributed by atoms with Crippen LogP contribution in [-0.2, 0) is 6.61 Å². The SMILES string of the molecule is OCc1ccc(-c2ccc(N3CCC(n4ccc5ccc(F)cc54)CC3)nn2)cc1. The van der Waals surface area contributed by atoms with Crippen molar-refractivity contribution in [1.29, 1.82) is 0 Å². The highest BCUT2D eigenvalue weighted by atomic mass is 19.1. The number of hydrogen-bond acceptors (Lipinski definition) is 4. The lowest BCUT2D eigenvalue weighted by Crippen LogP contribution is -2.35. The Bertz CT molecular complexity index is 1150. The van der Waals surface area contributed by atoms with Gasteiger partial charge in [-0.3, -0.25) is 0 Å².